The van der Waals surface area contributed by atoms with Gasteiger partial charge >= 0.3 is 0 Å². The molecule has 0 spiro atoms. The molecule has 1 unspecified atom stereocenters. The fraction of sp³-hybridized carbons (Fsp3) is 0.500. The summed E-state index contributed by atoms with van der Waals surface area (Å²) in [6, 6.07) is 4.47. The molecule has 3 heteroatoms. The Kier molecular flexibility index (Phi) is 3.27. The molecule has 1 saturated carbocycles. The zero-order valence-corrected chi connectivity index (χ0v) is 9.17. The van der Waals surface area contributed by atoms with Crippen molar-refractivity contribution in [2.75, 3.05) is 0 Å². The first kappa shape index (κ1) is 10.9. The molecule has 82 valence electrons. The first-order chi connectivity index (χ1) is 7.16. The van der Waals surface area contributed by atoms with Gasteiger partial charge in [-0.25, -0.2) is 4.39 Å². The van der Waals surface area contributed by atoms with Crippen LogP contribution >= 0.6 is 11.6 Å². The second kappa shape index (κ2) is 4.50. The molecule has 0 saturated heterocycles. The predicted molar refractivity (Wildman–Crippen MR) is 58.5 cm³/mol. The number of hydrogen-bond donors (Lipinski definition) is 1. The maximum atomic E-state index is 13.3. The lowest BCUT2D eigenvalue weighted by Gasteiger charge is -2.30. The highest BCUT2D eigenvalue weighted by Gasteiger charge is 2.26. The smallest absolute Gasteiger partial charge is 0.126 e. The van der Waals surface area contributed by atoms with E-state index in [9.17, 15) is 9.50 Å². The Morgan fingerprint density at radius 3 is 2.80 bits per heavy atom. The molecule has 15 heavy (non-hydrogen) atoms. The quantitative estimate of drug-likeness (QED) is 0.843. The van der Waals surface area contributed by atoms with E-state index in [1.165, 1.54) is 18.6 Å². The topological polar surface area (TPSA) is 20.2 Å². The highest BCUT2D eigenvalue weighted by atomic mass is 35.5. The monoisotopic (exact) mass is 228 g/mol. The number of hydrogen-bond acceptors (Lipinski definition) is 1. The Morgan fingerprint density at radius 1 is 1.47 bits per heavy atom. The van der Waals surface area contributed by atoms with Gasteiger partial charge in [0.2, 0.25) is 0 Å². The van der Waals surface area contributed by atoms with Gasteiger partial charge in [-0.05, 0) is 42.5 Å². The van der Waals surface area contributed by atoms with Crippen molar-refractivity contribution in [2.45, 2.75) is 31.8 Å². The van der Waals surface area contributed by atoms with Crippen molar-refractivity contribution < 1.29 is 9.50 Å². The molecule has 1 fully saturated rings. The van der Waals surface area contributed by atoms with Gasteiger partial charge in [0.1, 0.15) is 5.82 Å². The molecule has 1 aliphatic rings. The van der Waals surface area contributed by atoms with Gasteiger partial charge in [-0.15, -0.1) is 0 Å². The summed E-state index contributed by atoms with van der Waals surface area (Å²) in [6.45, 7) is 0. The summed E-state index contributed by atoms with van der Waals surface area (Å²) >= 11 is 5.78. The Labute approximate surface area is 93.9 Å². The SMILES string of the molecule is OC(Cc1cc(Cl)ccc1F)C1CCC1. The van der Waals surface area contributed by atoms with E-state index < -0.39 is 6.10 Å². The van der Waals surface area contributed by atoms with Gasteiger partial charge in [0.05, 0.1) is 6.10 Å². The van der Waals surface area contributed by atoms with Crippen molar-refractivity contribution in [2.24, 2.45) is 5.92 Å². The zero-order valence-electron chi connectivity index (χ0n) is 8.42. The molecule has 0 aliphatic heterocycles. The third-order valence-corrected chi connectivity index (χ3v) is 3.37. The Morgan fingerprint density at radius 2 is 2.20 bits per heavy atom. The van der Waals surface area contributed by atoms with Crippen LogP contribution in [-0.2, 0) is 6.42 Å². The van der Waals surface area contributed by atoms with Gasteiger partial charge < -0.3 is 5.11 Å². The average molecular weight is 229 g/mol. The largest absolute Gasteiger partial charge is 0.392 e. The van der Waals surface area contributed by atoms with Crippen LogP contribution in [0.3, 0.4) is 0 Å². The van der Waals surface area contributed by atoms with Gasteiger partial charge in [-0.1, -0.05) is 18.0 Å². The molecule has 0 amide bonds. The summed E-state index contributed by atoms with van der Waals surface area (Å²) in [5.74, 6) is 0.0705. The third kappa shape index (κ3) is 2.50. The second-order valence-electron chi connectivity index (χ2n) is 4.20. The van der Waals surface area contributed by atoms with Gasteiger partial charge in [0, 0.05) is 11.4 Å². The molecule has 1 N–H and O–H groups in total. The summed E-state index contributed by atoms with van der Waals surface area (Å²) in [4.78, 5) is 0. The maximum absolute atomic E-state index is 13.3. The Balaban J connectivity index is 2.05. The molecule has 0 aromatic heterocycles. The van der Waals surface area contributed by atoms with Gasteiger partial charge in [-0.3, -0.25) is 0 Å². The Hall–Kier alpha value is -0.600. The number of aliphatic hydroxyl groups excluding tert-OH is 1. The van der Waals surface area contributed by atoms with Crippen molar-refractivity contribution >= 4 is 11.6 Å². The number of benzene rings is 1. The molecular weight excluding hydrogens is 215 g/mol. The van der Waals surface area contributed by atoms with Crippen molar-refractivity contribution in [3.05, 3.63) is 34.6 Å². The minimum atomic E-state index is -0.424. The molecule has 0 heterocycles. The maximum Gasteiger partial charge on any atom is 0.126 e. The van der Waals surface area contributed by atoms with E-state index in [0.717, 1.165) is 12.8 Å². The van der Waals surface area contributed by atoms with Gasteiger partial charge in [0.15, 0.2) is 0 Å². The van der Waals surface area contributed by atoms with Crippen LogP contribution < -0.4 is 0 Å². The molecule has 0 radical (unpaired) electrons. The van der Waals surface area contributed by atoms with Crippen LogP contribution in [0.1, 0.15) is 24.8 Å². The van der Waals surface area contributed by atoms with Gasteiger partial charge in [-0.2, -0.15) is 0 Å². The van der Waals surface area contributed by atoms with Crippen LogP contribution in [0.4, 0.5) is 4.39 Å². The fourth-order valence-corrected chi connectivity index (χ4v) is 2.11. The van der Waals surface area contributed by atoms with Crippen LogP contribution in [0.15, 0.2) is 18.2 Å². The van der Waals surface area contributed by atoms with Crippen LogP contribution in [0.5, 0.6) is 0 Å². The van der Waals surface area contributed by atoms with Crippen molar-refractivity contribution in [3.63, 3.8) is 0 Å². The minimum Gasteiger partial charge on any atom is -0.392 e. The summed E-state index contributed by atoms with van der Waals surface area (Å²) in [7, 11) is 0. The molecule has 1 aromatic rings. The number of aliphatic hydroxyl groups is 1. The normalized spacial score (nSPS) is 18.6. The molecule has 0 bridgehead atoms. The highest BCUT2D eigenvalue weighted by molar-refractivity contribution is 6.30. The highest BCUT2D eigenvalue weighted by Crippen LogP contribution is 2.31. The lowest BCUT2D eigenvalue weighted by Crippen LogP contribution is -2.28. The van der Waals surface area contributed by atoms with E-state index in [-0.39, 0.29) is 5.82 Å². The molecule has 1 atom stereocenters. The summed E-state index contributed by atoms with van der Waals surface area (Å²) < 4.78 is 13.3. The van der Waals surface area contributed by atoms with Crippen LogP contribution in [0, 0.1) is 11.7 Å². The zero-order chi connectivity index (χ0) is 10.8. The first-order valence-electron chi connectivity index (χ1n) is 5.29. The van der Waals surface area contributed by atoms with E-state index in [1.807, 2.05) is 0 Å². The minimum absolute atomic E-state index is 0.280. The first-order valence-corrected chi connectivity index (χ1v) is 5.66. The van der Waals surface area contributed by atoms with E-state index in [2.05, 4.69) is 0 Å². The summed E-state index contributed by atoms with van der Waals surface area (Å²) in [5.41, 5.74) is 0.516. The van der Waals surface area contributed by atoms with E-state index >= 15 is 0 Å². The summed E-state index contributed by atoms with van der Waals surface area (Å²) in [5, 5.41) is 10.3. The van der Waals surface area contributed by atoms with Crippen LogP contribution in [-0.4, -0.2) is 11.2 Å². The molecule has 1 nitrogen and oxygen atoms in total. The standard InChI is InChI=1S/C12H14ClFO/c13-10-4-5-11(14)9(6-10)7-12(15)8-2-1-3-8/h4-6,8,12,15H,1-3,7H2. The van der Waals surface area contributed by atoms with E-state index in [0.29, 0.717) is 22.9 Å². The fourth-order valence-electron chi connectivity index (χ4n) is 1.92. The van der Waals surface area contributed by atoms with E-state index in [4.69, 9.17) is 11.6 Å². The average Bonchev–Trinajstić information content (AvgIpc) is 2.08. The molecule has 1 aliphatic carbocycles. The van der Waals surface area contributed by atoms with Crippen molar-refractivity contribution in [3.8, 4) is 0 Å². The molecular formula is C12H14ClFO. The van der Waals surface area contributed by atoms with Crippen LogP contribution in [0.2, 0.25) is 5.02 Å². The predicted octanol–water partition coefficient (Wildman–Crippen LogP) is 3.18. The lowest BCUT2D eigenvalue weighted by atomic mass is 9.79. The number of halogens is 2. The van der Waals surface area contributed by atoms with Crippen molar-refractivity contribution in [1.82, 2.24) is 0 Å². The summed E-state index contributed by atoms with van der Waals surface area (Å²) in [6.07, 6.45) is 3.25. The molecule has 2 rings (SSSR count). The molecule has 1 aromatic carbocycles. The Bertz CT molecular complexity index is 349. The number of rotatable bonds is 3. The lowest BCUT2D eigenvalue weighted by molar-refractivity contribution is 0.0623. The van der Waals surface area contributed by atoms with E-state index in [1.54, 1.807) is 6.07 Å². The van der Waals surface area contributed by atoms with Crippen LogP contribution in [0.25, 0.3) is 0 Å². The second-order valence-corrected chi connectivity index (χ2v) is 4.63. The van der Waals surface area contributed by atoms with Gasteiger partial charge in [0.25, 0.3) is 0 Å². The third-order valence-electron chi connectivity index (χ3n) is 3.13. The van der Waals surface area contributed by atoms with Crippen molar-refractivity contribution in [1.29, 1.82) is 0 Å².